The van der Waals surface area contributed by atoms with Crippen LogP contribution in [0.5, 0.6) is 5.75 Å². The number of benzene rings is 1. The molecule has 0 atom stereocenters. The van der Waals surface area contributed by atoms with Gasteiger partial charge >= 0.3 is 5.97 Å². The van der Waals surface area contributed by atoms with E-state index in [1.165, 1.54) is 57.5 Å². The van der Waals surface area contributed by atoms with E-state index in [4.69, 9.17) is 9.15 Å². The van der Waals surface area contributed by atoms with Gasteiger partial charge in [-0.3, -0.25) is 4.79 Å². The lowest BCUT2D eigenvalue weighted by molar-refractivity contribution is 0.0598. The van der Waals surface area contributed by atoms with Crippen LogP contribution in [-0.4, -0.2) is 64.9 Å². The number of ether oxygens (including phenoxy) is 2. The number of carbonyl (C=O) groups excluding carboxylic acids is 2. The van der Waals surface area contributed by atoms with Gasteiger partial charge in [0.15, 0.2) is 0 Å². The van der Waals surface area contributed by atoms with Crippen molar-refractivity contribution in [3.05, 3.63) is 46.9 Å². The first-order valence-corrected chi connectivity index (χ1v) is 10.0. The molecule has 0 aliphatic heterocycles. The number of methoxy groups -OCH3 is 2. The molecule has 1 aromatic heterocycles. The molecule has 1 heterocycles. The van der Waals surface area contributed by atoms with Crippen LogP contribution in [0.25, 0.3) is 0 Å². The van der Waals surface area contributed by atoms with Gasteiger partial charge in [0.1, 0.15) is 27.7 Å². The quantitative estimate of drug-likeness (QED) is 0.625. The van der Waals surface area contributed by atoms with Crippen LogP contribution in [0, 0.1) is 6.92 Å². The van der Waals surface area contributed by atoms with Crippen LogP contribution in [0.2, 0.25) is 0 Å². The van der Waals surface area contributed by atoms with Gasteiger partial charge in [-0.1, -0.05) is 0 Å². The van der Waals surface area contributed by atoms with Crippen molar-refractivity contribution < 1.29 is 31.9 Å². The Morgan fingerprint density at radius 2 is 1.76 bits per heavy atom. The van der Waals surface area contributed by atoms with Crippen molar-refractivity contribution in [2.45, 2.75) is 18.4 Å². The summed E-state index contributed by atoms with van der Waals surface area (Å²) in [6, 6.07) is 5.71. The number of hydrogen-bond donors (Lipinski definition) is 0. The third-order valence-corrected chi connectivity index (χ3v) is 6.12. The fraction of sp³-hybridized carbons (Fsp3) is 0.368. The lowest BCUT2D eigenvalue weighted by atomic mass is 10.2. The molecule has 0 spiro atoms. The van der Waals surface area contributed by atoms with Gasteiger partial charge in [0.2, 0.25) is 10.0 Å². The highest BCUT2D eigenvalue weighted by molar-refractivity contribution is 7.89. The minimum absolute atomic E-state index is 0.0818. The Labute approximate surface area is 169 Å². The van der Waals surface area contributed by atoms with Crippen LogP contribution in [0.1, 0.15) is 32.2 Å². The minimum atomic E-state index is -3.81. The fourth-order valence-electron chi connectivity index (χ4n) is 2.67. The summed E-state index contributed by atoms with van der Waals surface area (Å²) in [6.07, 6.45) is 0. The molecule has 29 heavy (non-hydrogen) atoms. The standard InChI is InChI=1S/C19H24N2O7S/c1-12-15(19(23)27-6)10-14(28-12)11-21(4)18(22)13-7-8-16(26-5)17(9-13)29(24,25)20(2)3/h7-10H,11H2,1-6H3. The Balaban J connectivity index is 2.31. The van der Waals surface area contributed by atoms with E-state index in [1.807, 2.05) is 0 Å². The summed E-state index contributed by atoms with van der Waals surface area (Å²) < 4.78 is 41.5. The molecule has 0 saturated heterocycles. The molecule has 0 unspecified atom stereocenters. The smallest absolute Gasteiger partial charge is 0.341 e. The Kier molecular flexibility index (Phi) is 6.70. The topological polar surface area (TPSA) is 106 Å². The molecule has 0 radical (unpaired) electrons. The average molecular weight is 424 g/mol. The second kappa shape index (κ2) is 8.66. The average Bonchev–Trinajstić information content (AvgIpc) is 3.05. The maximum absolute atomic E-state index is 12.8. The van der Waals surface area contributed by atoms with Gasteiger partial charge < -0.3 is 18.8 Å². The minimum Gasteiger partial charge on any atom is -0.495 e. The molecule has 1 amide bonds. The summed E-state index contributed by atoms with van der Waals surface area (Å²) in [5, 5.41) is 0. The van der Waals surface area contributed by atoms with E-state index in [0.717, 1.165) is 4.31 Å². The second-order valence-corrected chi connectivity index (χ2v) is 8.61. The van der Waals surface area contributed by atoms with E-state index < -0.39 is 21.9 Å². The molecule has 0 bridgehead atoms. The zero-order chi connectivity index (χ0) is 21.9. The van der Waals surface area contributed by atoms with Crippen molar-refractivity contribution in [3.8, 4) is 5.75 Å². The number of furan rings is 1. The second-order valence-electron chi connectivity index (χ2n) is 6.49. The summed E-state index contributed by atoms with van der Waals surface area (Å²) in [5.74, 6) is -0.0242. The van der Waals surface area contributed by atoms with Crippen LogP contribution < -0.4 is 4.74 Å². The van der Waals surface area contributed by atoms with E-state index >= 15 is 0 Å². The SMILES string of the molecule is COC(=O)c1cc(CN(C)C(=O)c2ccc(OC)c(S(=O)(=O)N(C)C)c2)oc1C. The van der Waals surface area contributed by atoms with E-state index in [9.17, 15) is 18.0 Å². The molecule has 0 fully saturated rings. The molecule has 0 saturated carbocycles. The van der Waals surface area contributed by atoms with Crippen molar-refractivity contribution in [2.24, 2.45) is 0 Å². The largest absolute Gasteiger partial charge is 0.495 e. The Morgan fingerprint density at radius 3 is 2.31 bits per heavy atom. The molecule has 2 rings (SSSR count). The van der Waals surface area contributed by atoms with Crippen LogP contribution >= 0.6 is 0 Å². The highest BCUT2D eigenvalue weighted by atomic mass is 32.2. The number of aryl methyl sites for hydroxylation is 1. The van der Waals surface area contributed by atoms with Gasteiger partial charge in [-0.15, -0.1) is 0 Å². The molecule has 0 aliphatic carbocycles. The molecule has 9 nitrogen and oxygen atoms in total. The third-order valence-electron chi connectivity index (χ3n) is 4.28. The summed E-state index contributed by atoms with van der Waals surface area (Å²) >= 11 is 0. The predicted molar refractivity (Wildman–Crippen MR) is 104 cm³/mol. The number of hydrogen-bond acceptors (Lipinski definition) is 7. The molecule has 0 N–H and O–H groups in total. The fourth-order valence-corrected chi connectivity index (χ4v) is 3.74. The Hall–Kier alpha value is -2.85. The monoisotopic (exact) mass is 424 g/mol. The zero-order valence-electron chi connectivity index (χ0n) is 17.2. The van der Waals surface area contributed by atoms with Crippen LogP contribution in [0.4, 0.5) is 0 Å². The number of nitrogens with zero attached hydrogens (tertiary/aromatic N) is 2. The molecule has 158 valence electrons. The summed E-state index contributed by atoms with van der Waals surface area (Å²) in [7, 11) is 3.16. The highest BCUT2D eigenvalue weighted by Gasteiger charge is 2.25. The van der Waals surface area contributed by atoms with Crippen molar-refractivity contribution in [2.75, 3.05) is 35.4 Å². The molecular formula is C19H24N2O7S. The van der Waals surface area contributed by atoms with Crippen molar-refractivity contribution in [3.63, 3.8) is 0 Å². The highest BCUT2D eigenvalue weighted by Crippen LogP contribution is 2.27. The van der Waals surface area contributed by atoms with Gasteiger partial charge in [0, 0.05) is 26.7 Å². The van der Waals surface area contributed by atoms with Gasteiger partial charge in [0.25, 0.3) is 5.91 Å². The van der Waals surface area contributed by atoms with Crippen LogP contribution in [0.15, 0.2) is 33.6 Å². The zero-order valence-corrected chi connectivity index (χ0v) is 18.0. The summed E-state index contributed by atoms with van der Waals surface area (Å²) in [4.78, 5) is 25.8. The first-order valence-electron chi connectivity index (χ1n) is 8.56. The molecule has 2 aromatic rings. The third kappa shape index (κ3) is 4.60. The summed E-state index contributed by atoms with van der Waals surface area (Å²) in [6.45, 7) is 1.71. The first-order chi connectivity index (χ1) is 13.5. The number of amides is 1. The van der Waals surface area contributed by atoms with Crippen LogP contribution in [0.3, 0.4) is 0 Å². The van der Waals surface area contributed by atoms with E-state index in [1.54, 1.807) is 14.0 Å². The lowest BCUT2D eigenvalue weighted by Gasteiger charge is -2.18. The summed E-state index contributed by atoms with van der Waals surface area (Å²) in [5.41, 5.74) is 0.456. The molecule has 1 aromatic carbocycles. The van der Waals surface area contributed by atoms with E-state index in [0.29, 0.717) is 11.5 Å². The first kappa shape index (κ1) is 22.4. The van der Waals surface area contributed by atoms with Gasteiger partial charge in [-0.25, -0.2) is 17.5 Å². The van der Waals surface area contributed by atoms with Gasteiger partial charge in [0.05, 0.1) is 20.8 Å². The van der Waals surface area contributed by atoms with E-state index in [-0.39, 0.29) is 28.3 Å². The normalized spacial score (nSPS) is 11.4. The van der Waals surface area contributed by atoms with Crippen molar-refractivity contribution in [1.82, 2.24) is 9.21 Å². The number of carbonyl (C=O) groups is 2. The van der Waals surface area contributed by atoms with Gasteiger partial charge in [-0.2, -0.15) is 0 Å². The maximum Gasteiger partial charge on any atom is 0.341 e. The number of esters is 1. The van der Waals surface area contributed by atoms with Crippen molar-refractivity contribution in [1.29, 1.82) is 0 Å². The lowest BCUT2D eigenvalue weighted by Crippen LogP contribution is -2.27. The molecule has 10 heteroatoms. The van der Waals surface area contributed by atoms with E-state index in [2.05, 4.69) is 4.74 Å². The molecule has 0 aliphatic rings. The number of sulfonamides is 1. The Bertz CT molecular complexity index is 1030. The van der Waals surface area contributed by atoms with Crippen molar-refractivity contribution >= 4 is 21.9 Å². The number of rotatable bonds is 7. The maximum atomic E-state index is 12.8. The Morgan fingerprint density at radius 1 is 1.10 bits per heavy atom. The predicted octanol–water partition coefficient (Wildman–Crippen LogP) is 1.91. The van der Waals surface area contributed by atoms with Gasteiger partial charge in [-0.05, 0) is 31.2 Å². The van der Waals surface area contributed by atoms with Crippen LogP contribution in [-0.2, 0) is 21.3 Å². The molecular weight excluding hydrogens is 400 g/mol.